The van der Waals surface area contributed by atoms with Crippen molar-refractivity contribution < 1.29 is 14.3 Å². The number of fused-ring (bicyclic) bond motifs is 1. The van der Waals surface area contributed by atoms with Crippen LogP contribution >= 0.6 is 22.9 Å². The fourth-order valence-electron chi connectivity index (χ4n) is 3.72. The van der Waals surface area contributed by atoms with Crippen LogP contribution in [0.5, 0.6) is 5.75 Å². The first-order valence-electron chi connectivity index (χ1n) is 11.7. The predicted octanol–water partition coefficient (Wildman–Crippen LogP) is 4.94. The maximum Gasteiger partial charge on any atom is 0.302 e. The first kappa shape index (κ1) is 25.0. The van der Waals surface area contributed by atoms with Crippen LogP contribution in [0.4, 0.5) is 17.5 Å². The zero-order valence-electron chi connectivity index (χ0n) is 19.9. The van der Waals surface area contributed by atoms with E-state index in [1.54, 1.807) is 17.4 Å². The summed E-state index contributed by atoms with van der Waals surface area (Å²) in [7, 11) is 0. The van der Waals surface area contributed by atoms with E-state index in [0.29, 0.717) is 48.5 Å². The minimum atomic E-state index is -0.468. The van der Waals surface area contributed by atoms with Crippen molar-refractivity contribution in [3.05, 3.63) is 69.9 Å². The summed E-state index contributed by atoms with van der Waals surface area (Å²) in [6.07, 6.45) is 0. The van der Waals surface area contributed by atoms with Crippen LogP contribution in [0.25, 0.3) is 10.9 Å². The first-order chi connectivity index (χ1) is 18.1. The number of para-hydroxylation sites is 1. The van der Waals surface area contributed by atoms with Gasteiger partial charge in [-0.3, -0.25) is 15.0 Å². The van der Waals surface area contributed by atoms with Crippen LogP contribution in [0.15, 0.2) is 59.3 Å². The standard InChI is InChI=1S/C27H24ClN5O3S/c28-22-16-20(7-8-24(22)36-17-19-9-15-37-18-19)29-26-21-4-1-2-5-23(21)30-27(32-26)31-25(34)6-3-10-33-11-13-35-14-12-33/h1-2,4-5,7-9,15-16,18H,10-14,17H2,(H2,29,30,31,32,34). The van der Waals surface area contributed by atoms with Crippen LogP contribution in [0, 0.1) is 11.8 Å². The highest BCUT2D eigenvalue weighted by molar-refractivity contribution is 7.07. The van der Waals surface area contributed by atoms with Gasteiger partial charge in [-0.05, 0) is 58.6 Å². The van der Waals surface area contributed by atoms with E-state index < -0.39 is 5.91 Å². The summed E-state index contributed by atoms with van der Waals surface area (Å²) in [5.74, 6) is 6.34. The molecule has 3 heterocycles. The predicted molar refractivity (Wildman–Crippen MR) is 147 cm³/mol. The third-order valence-electron chi connectivity index (χ3n) is 5.61. The molecule has 1 amide bonds. The third-order valence-corrected chi connectivity index (χ3v) is 6.63. The number of nitrogens with zero attached hydrogens (tertiary/aromatic N) is 3. The largest absolute Gasteiger partial charge is 0.487 e. The summed E-state index contributed by atoms with van der Waals surface area (Å²) in [4.78, 5) is 23.6. The van der Waals surface area contributed by atoms with Gasteiger partial charge in [0.25, 0.3) is 0 Å². The average molecular weight is 534 g/mol. The molecule has 37 heavy (non-hydrogen) atoms. The van der Waals surface area contributed by atoms with E-state index in [1.807, 2.05) is 53.2 Å². The molecule has 0 saturated carbocycles. The zero-order chi connectivity index (χ0) is 25.5. The summed E-state index contributed by atoms with van der Waals surface area (Å²) >= 11 is 8.10. The van der Waals surface area contributed by atoms with Gasteiger partial charge < -0.3 is 14.8 Å². The maximum absolute atomic E-state index is 12.4. The third kappa shape index (κ3) is 6.76. The highest BCUT2D eigenvalue weighted by Crippen LogP contribution is 2.31. The number of morpholine rings is 1. The molecule has 8 nitrogen and oxygen atoms in total. The minimum absolute atomic E-state index is 0.161. The molecule has 5 rings (SSSR count). The Hall–Kier alpha value is -3.68. The molecule has 2 N–H and O–H groups in total. The molecule has 1 aliphatic rings. The average Bonchev–Trinajstić information content (AvgIpc) is 3.43. The molecule has 4 aromatic rings. The molecular formula is C27H24ClN5O3S. The second-order valence-corrected chi connectivity index (χ2v) is 9.44. The number of hydrogen-bond acceptors (Lipinski definition) is 8. The lowest BCUT2D eigenvalue weighted by Crippen LogP contribution is -2.36. The summed E-state index contributed by atoms with van der Waals surface area (Å²) in [6.45, 7) is 3.95. The van der Waals surface area contributed by atoms with E-state index in [1.165, 1.54) is 0 Å². The lowest BCUT2D eigenvalue weighted by molar-refractivity contribution is -0.111. The number of ether oxygens (including phenoxy) is 2. The Kier molecular flexibility index (Phi) is 8.13. The van der Waals surface area contributed by atoms with E-state index in [-0.39, 0.29) is 5.95 Å². The number of carbonyl (C=O) groups is 1. The molecule has 0 unspecified atom stereocenters. The van der Waals surface area contributed by atoms with Crippen LogP contribution < -0.4 is 15.4 Å². The van der Waals surface area contributed by atoms with Gasteiger partial charge in [0.15, 0.2) is 0 Å². The van der Waals surface area contributed by atoms with Crippen molar-refractivity contribution in [1.29, 1.82) is 0 Å². The van der Waals surface area contributed by atoms with E-state index in [9.17, 15) is 4.79 Å². The lowest BCUT2D eigenvalue weighted by Gasteiger charge is -2.24. The van der Waals surface area contributed by atoms with E-state index in [2.05, 4.69) is 37.3 Å². The van der Waals surface area contributed by atoms with Crippen molar-refractivity contribution in [2.75, 3.05) is 43.5 Å². The number of anilines is 3. The first-order valence-corrected chi connectivity index (χ1v) is 13.0. The molecule has 1 aliphatic heterocycles. The Morgan fingerprint density at radius 2 is 2.03 bits per heavy atom. The quantitative estimate of drug-likeness (QED) is 0.325. The summed E-state index contributed by atoms with van der Waals surface area (Å²) in [6, 6.07) is 15.0. The van der Waals surface area contributed by atoms with Crippen molar-refractivity contribution in [3.63, 3.8) is 0 Å². The monoisotopic (exact) mass is 533 g/mol. The highest BCUT2D eigenvalue weighted by atomic mass is 35.5. The number of amides is 1. The van der Waals surface area contributed by atoms with Gasteiger partial charge >= 0.3 is 5.91 Å². The van der Waals surface area contributed by atoms with Crippen LogP contribution in [-0.4, -0.2) is 53.6 Å². The number of carbonyl (C=O) groups excluding carboxylic acids is 1. The molecular weight excluding hydrogens is 510 g/mol. The van der Waals surface area contributed by atoms with E-state index >= 15 is 0 Å². The van der Waals surface area contributed by atoms with Crippen LogP contribution in [0.3, 0.4) is 0 Å². The van der Waals surface area contributed by atoms with Gasteiger partial charge in [0.05, 0.1) is 30.3 Å². The van der Waals surface area contributed by atoms with Gasteiger partial charge in [0, 0.05) is 24.2 Å². The topological polar surface area (TPSA) is 88.6 Å². The normalized spacial score (nSPS) is 13.5. The number of thiophene rings is 1. The Balaban J connectivity index is 1.29. The van der Waals surface area contributed by atoms with Crippen molar-refractivity contribution >= 4 is 57.2 Å². The molecule has 188 valence electrons. The van der Waals surface area contributed by atoms with Gasteiger partial charge in [-0.1, -0.05) is 29.7 Å². The molecule has 0 bridgehead atoms. The zero-order valence-corrected chi connectivity index (χ0v) is 21.4. The highest BCUT2D eigenvalue weighted by Gasteiger charge is 2.12. The molecule has 0 atom stereocenters. The summed E-state index contributed by atoms with van der Waals surface area (Å²) in [5.41, 5.74) is 2.49. The molecule has 1 saturated heterocycles. The van der Waals surface area contributed by atoms with E-state index in [4.69, 9.17) is 21.1 Å². The van der Waals surface area contributed by atoms with Crippen LogP contribution in [0.1, 0.15) is 5.56 Å². The van der Waals surface area contributed by atoms with Crippen LogP contribution in [-0.2, 0) is 16.1 Å². The fourth-order valence-corrected chi connectivity index (χ4v) is 4.61. The molecule has 10 heteroatoms. The van der Waals surface area contributed by atoms with Crippen molar-refractivity contribution in [2.45, 2.75) is 6.61 Å². The van der Waals surface area contributed by atoms with Crippen molar-refractivity contribution in [1.82, 2.24) is 14.9 Å². The smallest absolute Gasteiger partial charge is 0.302 e. The molecule has 2 aromatic heterocycles. The number of hydrogen-bond donors (Lipinski definition) is 2. The number of halogens is 1. The fraction of sp³-hybridized carbons (Fsp3) is 0.222. The van der Waals surface area contributed by atoms with Gasteiger partial charge in [-0.25, -0.2) is 4.98 Å². The lowest BCUT2D eigenvalue weighted by atomic mass is 10.2. The molecule has 0 spiro atoms. The van der Waals surface area contributed by atoms with Gasteiger partial charge in [0.2, 0.25) is 5.95 Å². The number of nitrogens with one attached hydrogen (secondary N) is 2. The summed E-state index contributed by atoms with van der Waals surface area (Å²) < 4.78 is 11.2. The Labute approximate surface area is 223 Å². The maximum atomic E-state index is 12.4. The molecule has 1 fully saturated rings. The second kappa shape index (κ2) is 12.0. The molecule has 2 aromatic carbocycles. The Morgan fingerprint density at radius 3 is 2.84 bits per heavy atom. The van der Waals surface area contributed by atoms with Crippen LogP contribution in [0.2, 0.25) is 5.02 Å². The van der Waals surface area contributed by atoms with Gasteiger partial charge in [0.1, 0.15) is 18.2 Å². The van der Waals surface area contributed by atoms with Gasteiger partial charge in [-0.15, -0.1) is 0 Å². The Morgan fingerprint density at radius 1 is 1.16 bits per heavy atom. The van der Waals surface area contributed by atoms with E-state index in [0.717, 1.165) is 29.7 Å². The second-order valence-electron chi connectivity index (χ2n) is 8.25. The van der Waals surface area contributed by atoms with Crippen molar-refractivity contribution in [2.24, 2.45) is 0 Å². The minimum Gasteiger partial charge on any atom is -0.487 e. The number of benzene rings is 2. The number of aromatic nitrogens is 2. The SMILES string of the molecule is O=C(C#CCN1CCOCC1)Nc1nc(Nc2ccc(OCc3ccsc3)c(Cl)c2)c2ccccc2n1. The van der Waals surface area contributed by atoms with Gasteiger partial charge in [-0.2, -0.15) is 16.3 Å². The Bertz CT molecular complexity index is 1450. The number of rotatable bonds is 7. The molecule has 0 aliphatic carbocycles. The molecule has 0 radical (unpaired) electrons. The summed E-state index contributed by atoms with van der Waals surface area (Å²) in [5, 5.41) is 11.3. The van der Waals surface area contributed by atoms with Crippen molar-refractivity contribution in [3.8, 4) is 17.6 Å².